The highest BCUT2D eigenvalue weighted by Gasteiger charge is 2.11. The Balaban J connectivity index is 2.15. The van der Waals surface area contributed by atoms with Crippen LogP contribution in [0.3, 0.4) is 0 Å². The molecule has 6 nitrogen and oxygen atoms in total. The molecule has 0 atom stereocenters. The fourth-order valence-electron chi connectivity index (χ4n) is 1.58. The summed E-state index contributed by atoms with van der Waals surface area (Å²) in [5.74, 6) is 1.99. The van der Waals surface area contributed by atoms with Gasteiger partial charge in [0.25, 0.3) is 0 Å². The van der Waals surface area contributed by atoms with E-state index in [4.69, 9.17) is 19.9 Å². The number of rotatable bonds is 6. The first-order valence-corrected chi connectivity index (χ1v) is 6.38. The van der Waals surface area contributed by atoms with Crippen molar-refractivity contribution in [2.75, 3.05) is 18.9 Å². The zero-order valence-electron chi connectivity index (χ0n) is 11.5. The summed E-state index contributed by atoms with van der Waals surface area (Å²) in [6.45, 7) is 4.89. The largest absolute Gasteiger partial charge is 0.494 e. The molecule has 0 unspecified atom stereocenters. The number of hydrogen-bond acceptors (Lipinski definition) is 6. The predicted octanol–water partition coefficient (Wildman–Crippen LogP) is 2.65. The molecule has 20 heavy (non-hydrogen) atoms. The number of benzene rings is 1. The van der Waals surface area contributed by atoms with Crippen molar-refractivity contribution < 1.29 is 14.2 Å². The molecule has 0 fully saturated rings. The van der Waals surface area contributed by atoms with Crippen LogP contribution in [-0.4, -0.2) is 23.2 Å². The molecular weight excluding hydrogens is 258 g/mol. The van der Waals surface area contributed by atoms with E-state index in [1.807, 2.05) is 26.0 Å². The van der Waals surface area contributed by atoms with Crippen LogP contribution in [-0.2, 0) is 0 Å². The molecule has 0 radical (unpaired) electrons. The van der Waals surface area contributed by atoms with Crippen molar-refractivity contribution in [1.82, 2.24) is 9.97 Å². The summed E-state index contributed by atoms with van der Waals surface area (Å²) in [5.41, 5.74) is 6.18. The van der Waals surface area contributed by atoms with Gasteiger partial charge >= 0.3 is 0 Å². The third kappa shape index (κ3) is 3.28. The average Bonchev–Trinajstić information content (AvgIpc) is 2.46. The lowest BCUT2D eigenvalue weighted by molar-refractivity contribution is 0.325. The van der Waals surface area contributed by atoms with Gasteiger partial charge in [-0.15, -0.1) is 0 Å². The molecule has 0 aliphatic heterocycles. The van der Waals surface area contributed by atoms with E-state index in [2.05, 4.69) is 9.97 Å². The molecule has 2 rings (SSSR count). The summed E-state index contributed by atoms with van der Waals surface area (Å²) in [7, 11) is 0. The fourth-order valence-corrected chi connectivity index (χ4v) is 1.58. The number of aromatic nitrogens is 2. The van der Waals surface area contributed by atoms with Gasteiger partial charge in [0.2, 0.25) is 11.8 Å². The Morgan fingerprint density at radius 3 is 2.15 bits per heavy atom. The van der Waals surface area contributed by atoms with E-state index in [0.717, 1.165) is 5.75 Å². The van der Waals surface area contributed by atoms with Crippen LogP contribution in [0.2, 0.25) is 0 Å². The second-order valence-corrected chi connectivity index (χ2v) is 3.84. The smallest absolute Gasteiger partial charge is 0.249 e. The standard InChI is InChI=1S/C14H17N3O3/c1-3-18-10-5-7-11(8-6-10)20-14-12(15)13(19-4-2)16-9-17-14/h5-9H,3-4,15H2,1-2H3. The molecule has 2 N–H and O–H groups in total. The number of ether oxygens (including phenoxy) is 3. The van der Waals surface area contributed by atoms with Crippen LogP contribution in [0.4, 0.5) is 5.69 Å². The van der Waals surface area contributed by atoms with Gasteiger partial charge in [0.1, 0.15) is 17.8 Å². The van der Waals surface area contributed by atoms with Gasteiger partial charge in [-0.2, -0.15) is 9.97 Å². The van der Waals surface area contributed by atoms with E-state index in [0.29, 0.717) is 24.8 Å². The topological polar surface area (TPSA) is 79.5 Å². The van der Waals surface area contributed by atoms with Gasteiger partial charge in [-0.3, -0.25) is 0 Å². The van der Waals surface area contributed by atoms with Gasteiger partial charge in [0.15, 0.2) is 5.69 Å². The van der Waals surface area contributed by atoms with Crippen LogP contribution >= 0.6 is 0 Å². The van der Waals surface area contributed by atoms with Crippen LogP contribution in [0.25, 0.3) is 0 Å². The van der Waals surface area contributed by atoms with E-state index in [-0.39, 0.29) is 11.6 Å². The monoisotopic (exact) mass is 275 g/mol. The number of nitrogen functional groups attached to an aromatic ring is 1. The molecule has 0 saturated heterocycles. The molecule has 1 aromatic heterocycles. The number of hydrogen-bond donors (Lipinski definition) is 1. The van der Waals surface area contributed by atoms with Crippen LogP contribution in [0.1, 0.15) is 13.8 Å². The third-order valence-electron chi connectivity index (χ3n) is 2.44. The molecule has 106 valence electrons. The number of nitrogens with two attached hydrogens (primary N) is 1. The van der Waals surface area contributed by atoms with Crippen molar-refractivity contribution in [3.05, 3.63) is 30.6 Å². The van der Waals surface area contributed by atoms with Gasteiger partial charge < -0.3 is 19.9 Å². The summed E-state index contributed by atoms with van der Waals surface area (Å²) in [4.78, 5) is 7.96. The van der Waals surface area contributed by atoms with Crippen molar-refractivity contribution in [3.63, 3.8) is 0 Å². The molecule has 1 heterocycles. The highest BCUT2D eigenvalue weighted by atomic mass is 16.5. The van der Waals surface area contributed by atoms with E-state index in [1.54, 1.807) is 12.1 Å². The molecule has 2 aromatic rings. The Hall–Kier alpha value is -2.50. The first-order chi connectivity index (χ1) is 9.74. The zero-order valence-corrected chi connectivity index (χ0v) is 11.5. The summed E-state index contributed by atoms with van der Waals surface area (Å²) in [6, 6.07) is 7.21. The zero-order chi connectivity index (χ0) is 14.4. The van der Waals surface area contributed by atoms with Crippen molar-refractivity contribution in [3.8, 4) is 23.3 Å². The maximum absolute atomic E-state index is 5.90. The summed E-state index contributed by atoms with van der Waals surface area (Å²) in [5, 5.41) is 0. The van der Waals surface area contributed by atoms with E-state index < -0.39 is 0 Å². The molecule has 0 amide bonds. The molecule has 0 bridgehead atoms. The second kappa shape index (κ2) is 6.60. The first kappa shape index (κ1) is 13.9. The third-order valence-corrected chi connectivity index (χ3v) is 2.44. The normalized spacial score (nSPS) is 10.1. The first-order valence-electron chi connectivity index (χ1n) is 6.38. The molecule has 0 saturated carbocycles. The highest BCUT2D eigenvalue weighted by Crippen LogP contribution is 2.31. The Kier molecular flexibility index (Phi) is 4.60. The predicted molar refractivity (Wildman–Crippen MR) is 75.3 cm³/mol. The van der Waals surface area contributed by atoms with Crippen LogP contribution in [0.5, 0.6) is 23.3 Å². The number of anilines is 1. The second-order valence-electron chi connectivity index (χ2n) is 3.84. The van der Waals surface area contributed by atoms with Gasteiger partial charge in [-0.1, -0.05) is 0 Å². The molecule has 0 aliphatic carbocycles. The summed E-state index contributed by atoms with van der Waals surface area (Å²) < 4.78 is 16.3. The van der Waals surface area contributed by atoms with E-state index in [9.17, 15) is 0 Å². The molecule has 0 aliphatic rings. The SMILES string of the molecule is CCOc1ccc(Oc2ncnc(OCC)c2N)cc1. The van der Waals surface area contributed by atoms with E-state index in [1.165, 1.54) is 6.33 Å². The molecule has 0 spiro atoms. The van der Waals surface area contributed by atoms with Gasteiger partial charge in [-0.25, -0.2) is 0 Å². The Morgan fingerprint density at radius 2 is 1.50 bits per heavy atom. The van der Waals surface area contributed by atoms with Gasteiger partial charge in [0, 0.05) is 0 Å². The summed E-state index contributed by atoms with van der Waals surface area (Å²) in [6.07, 6.45) is 1.35. The quantitative estimate of drug-likeness (QED) is 0.873. The number of nitrogens with zero attached hydrogens (tertiary/aromatic N) is 2. The van der Waals surface area contributed by atoms with Crippen LogP contribution in [0.15, 0.2) is 30.6 Å². The molecular formula is C14H17N3O3. The molecule has 6 heteroatoms. The highest BCUT2D eigenvalue weighted by molar-refractivity contribution is 5.56. The van der Waals surface area contributed by atoms with Crippen molar-refractivity contribution in [2.24, 2.45) is 0 Å². The van der Waals surface area contributed by atoms with Crippen molar-refractivity contribution >= 4 is 5.69 Å². The lowest BCUT2D eigenvalue weighted by Crippen LogP contribution is -2.02. The minimum atomic E-state index is 0.271. The Morgan fingerprint density at radius 1 is 0.900 bits per heavy atom. The van der Waals surface area contributed by atoms with Crippen LogP contribution in [0, 0.1) is 0 Å². The maximum atomic E-state index is 5.90. The Labute approximate surface area is 117 Å². The molecule has 1 aromatic carbocycles. The minimum absolute atomic E-state index is 0.271. The lowest BCUT2D eigenvalue weighted by atomic mass is 10.3. The lowest BCUT2D eigenvalue weighted by Gasteiger charge is -2.10. The van der Waals surface area contributed by atoms with Crippen LogP contribution < -0.4 is 19.9 Å². The average molecular weight is 275 g/mol. The minimum Gasteiger partial charge on any atom is -0.494 e. The van der Waals surface area contributed by atoms with Crippen molar-refractivity contribution in [2.45, 2.75) is 13.8 Å². The van der Waals surface area contributed by atoms with Gasteiger partial charge in [0.05, 0.1) is 13.2 Å². The van der Waals surface area contributed by atoms with Gasteiger partial charge in [-0.05, 0) is 38.1 Å². The Bertz CT molecular complexity index is 558. The van der Waals surface area contributed by atoms with Crippen molar-refractivity contribution in [1.29, 1.82) is 0 Å². The van der Waals surface area contributed by atoms with E-state index >= 15 is 0 Å². The fraction of sp³-hybridized carbons (Fsp3) is 0.286. The summed E-state index contributed by atoms with van der Waals surface area (Å²) >= 11 is 0. The maximum Gasteiger partial charge on any atom is 0.249 e.